The van der Waals surface area contributed by atoms with Crippen molar-refractivity contribution in [2.24, 2.45) is 0 Å². The van der Waals surface area contributed by atoms with Crippen LogP contribution in [-0.4, -0.2) is 32.6 Å². The number of hydroxylamine groups is 1. The highest BCUT2D eigenvalue weighted by Gasteiger charge is 2.23. The van der Waals surface area contributed by atoms with Gasteiger partial charge in [-0.1, -0.05) is 36.4 Å². The third kappa shape index (κ3) is 4.97. The Balaban J connectivity index is 1.35. The quantitative estimate of drug-likeness (QED) is 0.284. The number of amides is 2. The van der Waals surface area contributed by atoms with Crippen LogP contribution in [0, 0.1) is 0 Å². The number of carbonyl (C=O) groups excluding carboxylic acids is 2. The Hall–Kier alpha value is -4.30. The summed E-state index contributed by atoms with van der Waals surface area (Å²) in [5, 5.41) is 12.2. The van der Waals surface area contributed by atoms with Gasteiger partial charge in [-0.25, -0.2) is 10.5 Å². The molecule has 0 bridgehead atoms. The van der Waals surface area contributed by atoms with Gasteiger partial charge in [0.2, 0.25) is 0 Å². The lowest BCUT2D eigenvalue weighted by Crippen LogP contribution is -2.25. The number of nitrogens with one attached hydrogen (secondary N) is 2. The van der Waals surface area contributed by atoms with E-state index < -0.39 is 5.91 Å². The zero-order valence-electron chi connectivity index (χ0n) is 18.9. The molecule has 0 aliphatic heterocycles. The van der Waals surface area contributed by atoms with E-state index in [0.717, 1.165) is 29.5 Å². The Morgan fingerprint density at radius 3 is 2.46 bits per heavy atom. The molecule has 35 heavy (non-hydrogen) atoms. The van der Waals surface area contributed by atoms with Gasteiger partial charge in [-0.05, 0) is 66.3 Å². The molecule has 3 N–H and O–H groups in total. The summed E-state index contributed by atoms with van der Waals surface area (Å²) in [4.78, 5) is 41.4. The number of benzene rings is 3. The van der Waals surface area contributed by atoms with Gasteiger partial charge in [0.05, 0.1) is 17.2 Å². The Morgan fingerprint density at radius 2 is 1.69 bits per heavy atom. The van der Waals surface area contributed by atoms with E-state index in [4.69, 9.17) is 5.21 Å². The highest BCUT2D eigenvalue weighted by Crippen LogP contribution is 2.24. The Labute approximate surface area is 201 Å². The van der Waals surface area contributed by atoms with Crippen LogP contribution in [0.15, 0.2) is 77.9 Å². The van der Waals surface area contributed by atoms with Gasteiger partial charge in [0.25, 0.3) is 17.4 Å². The molecule has 176 valence electrons. The summed E-state index contributed by atoms with van der Waals surface area (Å²) >= 11 is 0. The Kier molecular flexibility index (Phi) is 6.12. The van der Waals surface area contributed by atoms with Gasteiger partial charge in [-0.3, -0.25) is 24.2 Å². The molecule has 1 heterocycles. The van der Waals surface area contributed by atoms with E-state index >= 15 is 0 Å². The van der Waals surface area contributed by atoms with Gasteiger partial charge < -0.3 is 5.32 Å². The largest absolute Gasteiger partial charge is 0.349 e. The van der Waals surface area contributed by atoms with Gasteiger partial charge in [-0.15, -0.1) is 0 Å². The SMILES string of the molecule is O=C(NO)c1ccc2ncn(CCc3cccc(-c4cccc(C(=O)NC5CC5)c4)c3)c(=O)c2c1. The maximum Gasteiger partial charge on any atom is 0.274 e. The Bertz CT molecular complexity index is 1490. The maximum atomic E-state index is 13.0. The molecule has 0 saturated heterocycles. The van der Waals surface area contributed by atoms with Crippen molar-refractivity contribution >= 4 is 22.7 Å². The number of fused-ring (bicyclic) bond motifs is 1. The topological polar surface area (TPSA) is 113 Å². The van der Waals surface area contributed by atoms with Gasteiger partial charge in [0, 0.05) is 23.7 Å². The van der Waals surface area contributed by atoms with Crippen LogP contribution in [0.1, 0.15) is 39.1 Å². The summed E-state index contributed by atoms with van der Waals surface area (Å²) in [6.07, 6.45) is 4.19. The molecule has 5 rings (SSSR count). The summed E-state index contributed by atoms with van der Waals surface area (Å²) < 4.78 is 1.51. The minimum atomic E-state index is -0.687. The smallest absolute Gasteiger partial charge is 0.274 e. The number of aromatic nitrogens is 2. The van der Waals surface area contributed by atoms with Crippen molar-refractivity contribution in [3.8, 4) is 11.1 Å². The highest BCUT2D eigenvalue weighted by atomic mass is 16.5. The molecule has 2 amide bonds. The zero-order chi connectivity index (χ0) is 24.4. The first-order valence-electron chi connectivity index (χ1n) is 11.5. The molecule has 8 nitrogen and oxygen atoms in total. The zero-order valence-corrected chi connectivity index (χ0v) is 18.9. The van der Waals surface area contributed by atoms with Crippen LogP contribution in [0.5, 0.6) is 0 Å². The van der Waals surface area contributed by atoms with E-state index in [1.807, 2.05) is 42.5 Å². The molecular formula is C27H24N4O4. The average molecular weight is 469 g/mol. The van der Waals surface area contributed by atoms with E-state index in [2.05, 4.69) is 16.4 Å². The fourth-order valence-electron chi connectivity index (χ4n) is 4.02. The number of carbonyl (C=O) groups is 2. The van der Waals surface area contributed by atoms with E-state index in [9.17, 15) is 14.4 Å². The summed E-state index contributed by atoms with van der Waals surface area (Å²) in [5.74, 6) is -0.735. The van der Waals surface area contributed by atoms with Crippen molar-refractivity contribution < 1.29 is 14.8 Å². The second kappa shape index (κ2) is 9.52. The minimum Gasteiger partial charge on any atom is -0.349 e. The molecule has 1 aromatic heterocycles. The van der Waals surface area contributed by atoms with Crippen LogP contribution in [0.2, 0.25) is 0 Å². The summed E-state index contributed by atoms with van der Waals surface area (Å²) in [5.41, 5.74) is 5.60. The van der Waals surface area contributed by atoms with Gasteiger partial charge in [0.15, 0.2) is 0 Å². The normalized spacial score (nSPS) is 12.9. The molecule has 0 spiro atoms. The van der Waals surface area contributed by atoms with Crippen LogP contribution < -0.4 is 16.4 Å². The van der Waals surface area contributed by atoms with Gasteiger partial charge >= 0.3 is 0 Å². The molecule has 8 heteroatoms. The fraction of sp³-hybridized carbons (Fsp3) is 0.185. The van der Waals surface area contributed by atoms with Crippen molar-refractivity contribution in [2.45, 2.75) is 31.8 Å². The van der Waals surface area contributed by atoms with Crippen molar-refractivity contribution in [2.75, 3.05) is 0 Å². The number of hydrogen-bond donors (Lipinski definition) is 3. The lowest BCUT2D eigenvalue weighted by Gasteiger charge is -2.10. The number of hydrogen-bond acceptors (Lipinski definition) is 5. The van der Waals surface area contributed by atoms with Gasteiger partial charge in [-0.2, -0.15) is 0 Å². The molecule has 1 aliphatic rings. The lowest BCUT2D eigenvalue weighted by atomic mass is 10.00. The molecule has 0 radical (unpaired) electrons. The minimum absolute atomic E-state index is 0.0479. The third-order valence-electron chi connectivity index (χ3n) is 6.13. The molecule has 0 atom stereocenters. The highest BCUT2D eigenvalue weighted by molar-refractivity contribution is 5.97. The Morgan fingerprint density at radius 1 is 0.943 bits per heavy atom. The number of nitrogens with zero attached hydrogens (tertiary/aromatic N) is 2. The first-order chi connectivity index (χ1) is 17.0. The predicted octanol–water partition coefficient (Wildman–Crippen LogP) is 3.32. The van der Waals surface area contributed by atoms with Crippen LogP contribution in [0.4, 0.5) is 0 Å². The van der Waals surface area contributed by atoms with E-state index in [1.54, 1.807) is 11.5 Å². The van der Waals surface area contributed by atoms with Crippen molar-refractivity contribution in [1.29, 1.82) is 0 Å². The van der Waals surface area contributed by atoms with Crippen LogP contribution in [0.3, 0.4) is 0 Å². The maximum absolute atomic E-state index is 13.0. The molecule has 1 fully saturated rings. The molecule has 3 aromatic carbocycles. The van der Waals surface area contributed by atoms with E-state index in [0.29, 0.717) is 35.5 Å². The molecule has 4 aromatic rings. The predicted molar refractivity (Wildman–Crippen MR) is 131 cm³/mol. The summed E-state index contributed by atoms with van der Waals surface area (Å²) in [6, 6.07) is 20.4. The molecule has 1 saturated carbocycles. The van der Waals surface area contributed by atoms with E-state index in [-0.39, 0.29) is 17.0 Å². The van der Waals surface area contributed by atoms with Crippen LogP contribution in [0.25, 0.3) is 22.0 Å². The van der Waals surface area contributed by atoms with E-state index in [1.165, 1.54) is 23.0 Å². The van der Waals surface area contributed by atoms with Gasteiger partial charge in [0.1, 0.15) is 0 Å². The monoisotopic (exact) mass is 468 g/mol. The lowest BCUT2D eigenvalue weighted by molar-refractivity contribution is 0.0706. The second-order valence-electron chi connectivity index (χ2n) is 8.69. The standard InChI is InChI=1S/C27H24N4O4/c32-25(29-22-8-9-22)20-6-2-5-19(14-20)18-4-1-3-17(13-18)11-12-31-16-28-24-10-7-21(26(33)30-35)15-23(24)27(31)34/h1-7,10,13-16,22,35H,8-9,11-12H2,(H,29,32)(H,30,33). The fourth-order valence-corrected chi connectivity index (χ4v) is 4.02. The first-order valence-corrected chi connectivity index (χ1v) is 11.5. The molecular weight excluding hydrogens is 444 g/mol. The second-order valence-corrected chi connectivity index (χ2v) is 8.69. The van der Waals surface area contributed by atoms with Crippen molar-refractivity contribution in [3.05, 3.63) is 100 Å². The summed E-state index contributed by atoms with van der Waals surface area (Å²) in [6.45, 7) is 0.408. The number of aryl methyl sites for hydroxylation is 2. The molecule has 0 unspecified atom stereocenters. The van der Waals surface area contributed by atoms with Crippen LogP contribution >= 0.6 is 0 Å². The van der Waals surface area contributed by atoms with Crippen LogP contribution in [-0.2, 0) is 13.0 Å². The molecule has 1 aliphatic carbocycles. The average Bonchev–Trinajstić information content (AvgIpc) is 3.72. The van der Waals surface area contributed by atoms with Crippen molar-refractivity contribution in [1.82, 2.24) is 20.3 Å². The first kappa shape index (κ1) is 22.5. The van der Waals surface area contributed by atoms with Crippen molar-refractivity contribution in [3.63, 3.8) is 0 Å². The number of rotatable bonds is 7. The summed E-state index contributed by atoms with van der Waals surface area (Å²) in [7, 11) is 0. The third-order valence-corrected chi connectivity index (χ3v) is 6.13.